The SMILES string of the molecule is CCOP(=O)(CCC[C@H]1O[C@@H](n2cc(C)c(=O)[nH]c2=O)C[C@@H]1OC(C)=O)OCC. The average molecular weight is 432 g/mol. The normalized spacial score (nSPS) is 22.0. The molecule has 0 aliphatic carbocycles. The van der Waals surface area contributed by atoms with Gasteiger partial charge in [-0.3, -0.25) is 23.7 Å². The van der Waals surface area contributed by atoms with Crippen LogP contribution in [0.2, 0.25) is 0 Å². The molecule has 1 aliphatic heterocycles. The molecule has 29 heavy (non-hydrogen) atoms. The minimum atomic E-state index is -3.17. The van der Waals surface area contributed by atoms with Crippen molar-refractivity contribution in [1.29, 1.82) is 0 Å². The maximum atomic E-state index is 12.6. The number of carbonyl (C=O) groups excluding carboxylic acids is 1. The zero-order valence-electron chi connectivity index (χ0n) is 17.2. The van der Waals surface area contributed by atoms with Crippen molar-refractivity contribution in [2.24, 2.45) is 0 Å². The summed E-state index contributed by atoms with van der Waals surface area (Å²) in [5.41, 5.74) is -0.681. The molecule has 0 amide bonds. The highest BCUT2D eigenvalue weighted by atomic mass is 31.2. The van der Waals surface area contributed by atoms with Gasteiger partial charge in [0.15, 0.2) is 0 Å². The van der Waals surface area contributed by atoms with Gasteiger partial charge in [-0.2, -0.15) is 0 Å². The Morgan fingerprint density at radius 3 is 2.55 bits per heavy atom. The molecule has 0 bridgehead atoms. The fourth-order valence-corrected chi connectivity index (χ4v) is 5.00. The van der Waals surface area contributed by atoms with Gasteiger partial charge in [-0.05, 0) is 33.6 Å². The standard InChI is InChI=1S/C18H29N2O8P/c1-5-25-29(24,26-6-2)9-7-8-14-15(27-13(4)21)10-16(28-14)20-11-12(3)17(22)19-18(20)23/h11,14-16H,5-10H2,1-4H3,(H,19,22,23)/t14-,15+,16-/m1/s1. The predicted octanol–water partition coefficient (Wildman–Crippen LogP) is 2.11. The number of H-pyrrole nitrogens is 1. The summed E-state index contributed by atoms with van der Waals surface area (Å²) in [7, 11) is -3.17. The highest BCUT2D eigenvalue weighted by Crippen LogP contribution is 2.49. The number of ether oxygens (including phenoxy) is 2. The van der Waals surface area contributed by atoms with Crippen LogP contribution >= 0.6 is 7.60 Å². The summed E-state index contributed by atoms with van der Waals surface area (Å²) < 4.78 is 35.8. The van der Waals surface area contributed by atoms with Gasteiger partial charge in [0.05, 0.1) is 25.5 Å². The van der Waals surface area contributed by atoms with Crippen LogP contribution < -0.4 is 11.2 Å². The maximum Gasteiger partial charge on any atom is 0.330 e. The van der Waals surface area contributed by atoms with Gasteiger partial charge < -0.3 is 18.5 Å². The smallest absolute Gasteiger partial charge is 0.330 e. The van der Waals surface area contributed by atoms with Gasteiger partial charge in [-0.15, -0.1) is 0 Å². The molecule has 3 atom stereocenters. The van der Waals surface area contributed by atoms with Crippen LogP contribution in [-0.4, -0.2) is 47.1 Å². The van der Waals surface area contributed by atoms with Crippen molar-refractivity contribution >= 4 is 13.6 Å². The van der Waals surface area contributed by atoms with Gasteiger partial charge in [-0.1, -0.05) is 0 Å². The Labute approximate surface area is 169 Å². The monoisotopic (exact) mass is 432 g/mol. The van der Waals surface area contributed by atoms with Crippen molar-refractivity contribution in [3.63, 3.8) is 0 Å². The number of esters is 1. The lowest BCUT2D eigenvalue weighted by molar-refractivity contribution is -0.149. The molecule has 1 aromatic heterocycles. The van der Waals surface area contributed by atoms with E-state index >= 15 is 0 Å². The lowest BCUT2D eigenvalue weighted by Gasteiger charge is -2.20. The summed E-state index contributed by atoms with van der Waals surface area (Å²) in [4.78, 5) is 37.5. The maximum absolute atomic E-state index is 12.6. The highest BCUT2D eigenvalue weighted by molar-refractivity contribution is 7.53. The predicted molar refractivity (Wildman–Crippen MR) is 105 cm³/mol. The van der Waals surface area contributed by atoms with E-state index in [1.54, 1.807) is 20.8 Å². The first-order chi connectivity index (χ1) is 13.7. The molecular weight excluding hydrogens is 403 g/mol. The van der Waals surface area contributed by atoms with E-state index in [0.717, 1.165) is 0 Å². The van der Waals surface area contributed by atoms with Crippen molar-refractivity contribution in [1.82, 2.24) is 9.55 Å². The Morgan fingerprint density at radius 2 is 1.97 bits per heavy atom. The number of aromatic amines is 1. The molecule has 1 fully saturated rings. The van der Waals surface area contributed by atoms with Crippen molar-refractivity contribution in [2.75, 3.05) is 19.4 Å². The Hall–Kier alpha value is -1.74. The average Bonchev–Trinajstić information content (AvgIpc) is 3.00. The molecule has 1 aliphatic rings. The van der Waals surface area contributed by atoms with Gasteiger partial charge in [0.2, 0.25) is 0 Å². The van der Waals surface area contributed by atoms with Crippen molar-refractivity contribution in [3.8, 4) is 0 Å². The topological polar surface area (TPSA) is 126 Å². The summed E-state index contributed by atoms with van der Waals surface area (Å²) >= 11 is 0. The Balaban J connectivity index is 2.10. The third-order valence-electron chi connectivity index (χ3n) is 4.53. The molecular formula is C18H29N2O8P. The Bertz CT molecular complexity index is 854. The van der Waals surface area contributed by atoms with Crippen LogP contribution in [0.5, 0.6) is 0 Å². The minimum Gasteiger partial charge on any atom is -0.460 e. The summed E-state index contributed by atoms with van der Waals surface area (Å²) in [5, 5.41) is 0. The highest BCUT2D eigenvalue weighted by Gasteiger charge is 2.39. The second kappa shape index (κ2) is 10.3. The van der Waals surface area contributed by atoms with Crippen LogP contribution in [0.15, 0.2) is 15.8 Å². The van der Waals surface area contributed by atoms with E-state index in [9.17, 15) is 18.9 Å². The molecule has 1 saturated heterocycles. The van der Waals surface area contributed by atoms with Crippen molar-refractivity contribution in [3.05, 3.63) is 32.6 Å². The van der Waals surface area contributed by atoms with Crippen LogP contribution in [0.1, 0.15) is 51.8 Å². The van der Waals surface area contributed by atoms with Crippen LogP contribution in [0.3, 0.4) is 0 Å². The zero-order chi connectivity index (χ0) is 21.6. The summed E-state index contributed by atoms with van der Waals surface area (Å²) in [6.07, 6.45) is 1.08. The second-order valence-corrected chi connectivity index (χ2v) is 8.99. The molecule has 10 nitrogen and oxygen atoms in total. The molecule has 0 radical (unpaired) electrons. The number of nitrogens with one attached hydrogen (secondary N) is 1. The van der Waals surface area contributed by atoms with Gasteiger partial charge in [-0.25, -0.2) is 4.79 Å². The third kappa shape index (κ3) is 6.37. The number of rotatable bonds is 10. The van der Waals surface area contributed by atoms with E-state index in [1.165, 1.54) is 17.7 Å². The lowest BCUT2D eigenvalue weighted by atomic mass is 10.1. The van der Waals surface area contributed by atoms with E-state index in [2.05, 4.69) is 4.98 Å². The minimum absolute atomic E-state index is 0.212. The Morgan fingerprint density at radius 1 is 1.31 bits per heavy atom. The van der Waals surface area contributed by atoms with Gasteiger partial charge in [0.1, 0.15) is 12.3 Å². The van der Waals surface area contributed by atoms with E-state index in [0.29, 0.717) is 18.4 Å². The summed E-state index contributed by atoms with van der Waals surface area (Å²) in [6.45, 7) is 6.95. The molecule has 11 heteroatoms. The summed E-state index contributed by atoms with van der Waals surface area (Å²) in [5.74, 6) is -0.455. The first-order valence-electron chi connectivity index (χ1n) is 9.72. The van der Waals surface area contributed by atoms with Gasteiger partial charge in [0, 0.05) is 25.1 Å². The first kappa shape index (κ1) is 23.5. The molecule has 0 aromatic carbocycles. The molecule has 1 aromatic rings. The molecule has 0 spiro atoms. The number of carbonyl (C=O) groups is 1. The van der Waals surface area contributed by atoms with Crippen LogP contribution in [-0.2, 0) is 27.9 Å². The van der Waals surface area contributed by atoms with Crippen molar-refractivity contribution in [2.45, 2.75) is 65.4 Å². The molecule has 2 rings (SSSR count). The fraction of sp³-hybridized carbons (Fsp3) is 0.722. The zero-order valence-corrected chi connectivity index (χ0v) is 18.1. The lowest BCUT2D eigenvalue weighted by Crippen LogP contribution is -2.33. The van der Waals surface area contributed by atoms with E-state index in [4.69, 9.17) is 18.5 Å². The first-order valence-corrected chi connectivity index (χ1v) is 11.4. The molecule has 0 unspecified atom stereocenters. The number of hydrogen-bond donors (Lipinski definition) is 1. The largest absolute Gasteiger partial charge is 0.460 e. The number of hydrogen-bond acceptors (Lipinski definition) is 8. The van der Waals surface area contributed by atoms with Crippen molar-refractivity contribution < 1.29 is 27.9 Å². The van der Waals surface area contributed by atoms with Gasteiger partial charge >= 0.3 is 19.3 Å². The second-order valence-electron chi connectivity index (χ2n) is 6.80. The number of aryl methyl sites for hydroxylation is 1. The number of nitrogens with zero attached hydrogens (tertiary/aromatic N) is 1. The quantitative estimate of drug-likeness (QED) is 0.440. The Kier molecular flexibility index (Phi) is 8.39. The van der Waals surface area contributed by atoms with Gasteiger partial charge in [0.25, 0.3) is 5.56 Å². The van der Waals surface area contributed by atoms with Crippen LogP contribution in [0, 0.1) is 6.92 Å². The molecule has 2 heterocycles. The number of aromatic nitrogens is 2. The summed E-state index contributed by atoms with van der Waals surface area (Å²) in [6, 6.07) is 0. The fourth-order valence-electron chi connectivity index (χ4n) is 3.31. The molecule has 164 valence electrons. The molecule has 0 saturated carbocycles. The van der Waals surface area contributed by atoms with E-state index in [-0.39, 0.29) is 25.8 Å². The van der Waals surface area contributed by atoms with E-state index in [1.807, 2.05) is 0 Å². The molecule has 1 N–H and O–H groups in total. The van der Waals surface area contributed by atoms with E-state index < -0.39 is 43.2 Å². The third-order valence-corrected chi connectivity index (χ3v) is 6.69. The van der Waals surface area contributed by atoms with Crippen LogP contribution in [0.4, 0.5) is 0 Å². The van der Waals surface area contributed by atoms with Crippen LogP contribution in [0.25, 0.3) is 0 Å².